The summed E-state index contributed by atoms with van der Waals surface area (Å²) in [6.45, 7) is 8.14. The highest BCUT2D eigenvalue weighted by atomic mass is 15.3. The molecule has 1 heterocycles. The van der Waals surface area contributed by atoms with Crippen LogP contribution in [0, 0.1) is 13.8 Å². The molecule has 0 radical (unpaired) electrons. The fourth-order valence-electron chi connectivity index (χ4n) is 2.09. The van der Waals surface area contributed by atoms with E-state index in [0.717, 1.165) is 24.2 Å². The van der Waals surface area contributed by atoms with Gasteiger partial charge >= 0.3 is 0 Å². The molecule has 6 nitrogen and oxygen atoms in total. The van der Waals surface area contributed by atoms with Crippen LogP contribution in [0.3, 0.4) is 0 Å². The van der Waals surface area contributed by atoms with Crippen molar-refractivity contribution in [3.8, 4) is 0 Å². The van der Waals surface area contributed by atoms with E-state index in [4.69, 9.17) is 0 Å². The Balaban J connectivity index is 1.99. The lowest BCUT2D eigenvalue weighted by atomic mass is 10.1. The number of hydrogen-bond acceptors (Lipinski definition) is 3. The van der Waals surface area contributed by atoms with Gasteiger partial charge in [0.2, 0.25) is 0 Å². The number of nitrogens with one attached hydrogen (secondary N) is 2. The number of aliphatic imine (C=N–C) groups is 1. The first kappa shape index (κ1) is 16.0. The Morgan fingerprint density at radius 1 is 1.23 bits per heavy atom. The summed E-state index contributed by atoms with van der Waals surface area (Å²) in [6, 6.07) is 8.39. The van der Waals surface area contributed by atoms with Gasteiger partial charge in [0.1, 0.15) is 5.82 Å². The van der Waals surface area contributed by atoms with Crippen molar-refractivity contribution >= 4 is 5.96 Å². The zero-order valence-electron chi connectivity index (χ0n) is 13.7. The second-order valence-corrected chi connectivity index (χ2v) is 5.26. The molecule has 0 fully saturated rings. The van der Waals surface area contributed by atoms with Gasteiger partial charge in [-0.25, -0.2) is 4.99 Å². The van der Waals surface area contributed by atoms with Crippen LogP contribution in [-0.2, 0) is 20.1 Å². The Bertz CT molecular complexity index is 644. The standard InChI is InChI=1S/C16H24N6/c1-5-17-16(18-10-14-8-6-7-12(2)9-14)19-11-15-21-20-13(3)22(15)4/h6-9H,5,10-11H2,1-4H3,(H2,17,18,19). The Hall–Kier alpha value is -2.37. The van der Waals surface area contributed by atoms with E-state index in [1.807, 2.05) is 18.5 Å². The molecular weight excluding hydrogens is 276 g/mol. The van der Waals surface area contributed by atoms with Gasteiger partial charge in [-0.15, -0.1) is 10.2 Å². The van der Waals surface area contributed by atoms with Gasteiger partial charge in [0, 0.05) is 13.6 Å². The van der Waals surface area contributed by atoms with Crippen molar-refractivity contribution in [3.05, 3.63) is 47.0 Å². The second-order valence-electron chi connectivity index (χ2n) is 5.26. The van der Waals surface area contributed by atoms with E-state index in [9.17, 15) is 0 Å². The van der Waals surface area contributed by atoms with E-state index >= 15 is 0 Å². The molecule has 0 atom stereocenters. The minimum Gasteiger partial charge on any atom is -0.357 e. The van der Waals surface area contributed by atoms with Gasteiger partial charge in [-0.1, -0.05) is 29.8 Å². The van der Waals surface area contributed by atoms with Crippen molar-refractivity contribution in [1.82, 2.24) is 25.4 Å². The minimum absolute atomic E-state index is 0.594. The third kappa shape index (κ3) is 4.31. The van der Waals surface area contributed by atoms with Crippen molar-refractivity contribution < 1.29 is 0 Å². The van der Waals surface area contributed by atoms with Crippen molar-refractivity contribution in [2.45, 2.75) is 33.9 Å². The minimum atomic E-state index is 0.594. The molecule has 0 aliphatic heterocycles. The maximum Gasteiger partial charge on any atom is 0.191 e. The molecule has 2 rings (SSSR count). The van der Waals surface area contributed by atoms with Gasteiger partial charge in [0.15, 0.2) is 11.8 Å². The van der Waals surface area contributed by atoms with Crippen LogP contribution in [0.15, 0.2) is 29.3 Å². The molecule has 0 saturated heterocycles. The number of nitrogens with zero attached hydrogens (tertiary/aromatic N) is 4. The largest absolute Gasteiger partial charge is 0.357 e. The topological polar surface area (TPSA) is 67.1 Å². The molecule has 0 unspecified atom stereocenters. The maximum atomic E-state index is 4.61. The van der Waals surface area contributed by atoms with Crippen LogP contribution in [0.4, 0.5) is 0 Å². The predicted octanol–water partition coefficient (Wildman–Crippen LogP) is 1.69. The fraction of sp³-hybridized carbons (Fsp3) is 0.438. The van der Waals surface area contributed by atoms with Crippen molar-refractivity contribution in [3.63, 3.8) is 0 Å². The number of aromatic nitrogens is 3. The average Bonchev–Trinajstić information content (AvgIpc) is 2.82. The molecular formula is C16H24N6. The van der Waals surface area contributed by atoms with E-state index < -0.39 is 0 Å². The molecule has 22 heavy (non-hydrogen) atoms. The molecule has 0 bridgehead atoms. The van der Waals surface area contributed by atoms with Crippen LogP contribution in [0.5, 0.6) is 0 Å². The van der Waals surface area contributed by atoms with Crippen LogP contribution in [0.2, 0.25) is 0 Å². The second kappa shape index (κ2) is 7.59. The van der Waals surface area contributed by atoms with Crippen molar-refractivity contribution in [2.75, 3.05) is 6.54 Å². The highest BCUT2D eigenvalue weighted by Gasteiger charge is 2.05. The van der Waals surface area contributed by atoms with E-state index in [0.29, 0.717) is 13.1 Å². The van der Waals surface area contributed by atoms with Gasteiger partial charge in [0.25, 0.3) is 0 Å². The quantitative estimate of drug-likeness (QED) is 0.651. The first-order chi connectivity index (χ1) is 10.6. The van der Waals surface area contributed by atoms with Crippen LogP contribution in [-0.4, -0.2) is 27.3 Å². The molecule has 1 aromatic carbocycles. The Morgan fingerprint density at radius 3 is 2.68 bits per heavy atom. The van der Waals surface area contributed by atoms with E-state index in [1.54, 1.807) is 0 Å². The van der Waals surface area contributed by atoms with Crippen molar-refractivity contribution in [1.29, 1.82) is 0 Å². The van der Waals surface area contributed by atoms with Crippen LogP contribution < -0.4 is 10.6 Å². The Morgan fingerprint density at radius 2 is 2.05 bits per heavy atom. The summed E-state index contributed by atoms with van der Waals surface area (Å²) in [5.74, 6) is 2.57. The number of guanidine groups is 1. The molecule has 2 N–H and O–H groups in total. The van der Waals surface area contributed by atoms with Gasteiger partial charge < -0.3 is 15.2 Å². The summed E-state index contributed by atoms with van der Waals surface area (Å²) >= 11 is 0. The lowest BCUT2D eigenvalue weighted by Gasteiger charge is -2.11. The molecule has 0 aliphatic carbocycles. The monoisotopic (exact) mass is 300 g/mol. The summed E-state index contributed by atoms with van der Waals surface area (Å²) in [4.78, 5) is 4.61. The zero-order valence-corrected chi connectivity index (χ0v) is 13.7. The number of aryl methyl sites for hydroxylation is 2. The average molecular weight is 300 g/mol. The number of benzene rings is 1. The SMILES string of the molecule is CCNC(=NCc1cccc(C)c1)NCc1nnc(C)n1C. The van der Waals surface area contributed by atoms with Gasteiger partial charge in [0.05, 0.1) is 13.1 Å². The first-order valence-corrected chi connectivity index (χ1v) is 7.52. The Labute approximate surface area is 131 Å². The number of hydrogen-bond donors (Lipinski definition) is 2. The summed E-state index contributed by atoms with van der Waals surface area (Å²) in [5.41, 5.74) is 2.45. The smallest absolute Gasteiger partial charge is 0.191 e. The predicted molar refractivity (Wildman–Crippen MR) is 88.6 cm³/mol. The normalized spacial score (nSPS) is 11.5. The summed E-state index contributed by atoms with van der Waals surface area (Å²) in [7, 11) is 1.96. The Kier molecular flexibility index (Phi) is 5.52. The molecule has 6 heteroatoms. The number of rotatable bonds is 5. The third-order valence-electron chi connectivity index (χ3n) is 3.44. The van der Waals surface area contributed by atoms with Crippen LogP contribution in [0.1, 0.15) is 29.7 Å². The summed E-state index contributed by atoms with van der Waals surface area (Å²) < 4.78 is 1.97. The highest BCUT2D eigenvalue weighted by Crippen LogP contribution is 2.05. The van der Waals surface area contributed by atoms with E-state index in [2.05, 4.69) is 63.9 Å². The lowest BCUT2D eigenvalue weighted by Crippen LogP contribution is -2.37. The molecule has 0 saturated carbocycles. The van der Waals surface area contributed by atoms with E-state index in [1.165, 1.54) is 11.1 Å². The first-order valence-electron chi connectivity index (χ1n) is 7.52. The molecule has 1 aromatic heterocycles. The van der Waals surface area contributed by atoms with Gasteiger partial charge in [-0.2, -0.15) is 0 Å². The van der Waals surface area contributed by atoms with E-state index in [-0.39, 0.29) is 0 Å². The lowest BCUT2D eigenvalue weighted by molar-refractivity contribution is 0.718. The maximum absolute atomic E-state index is 4.61. The fourth-order valence-corrected chi connectivity index (χ4v) is 2.09. The highest BCUT2D eigenvalue weighted by molar-refractivity contribution is 5.79. The third-order valence-corrected chi connectivity index (χ3v) is 3.44. The molecule has 0 spiro atoms. The molecule has 2 aromatic rings. The van der Waals surface area contributed by atoms with Gasteiger partial charge in [-0.05, 0) is 26.3 Å². The van der Waals surface area contributed by atoms with Crippen molar-refractivity contribution in [2.24, 2.45) is 12.0 Å². The molecule has 0 amide bonds. The van der Waals surface area contributed by atoms with Crippen LogP contribution in [0.25, 0.3) is 0 Å². The molecule has 0 aliphatic rings. The summed E-state index contributed by atoms with van der Waals surface area (Å²) in [6.07, 6.45) is 0. The molecule has 118 valence electrons. The zero-order chi connectivity index (χ0) is 15.9. The summed E-state index contributed by atoms with van der Waals surface area (Å²) in [5, 5.41) is 14.7. The van der Waals surface area contributed by atoms with Gasteiger partial charge in [-0.3, -0.25) is 0 Å². The van der Waals surface area contributed by atoms with Crippen LogP contribution >= 0.6 is 0 Å².